The second-order valence-electron chi connectivity index (χ2n) is 8.10. The van der Waals surface area contributed by atoms with Crippen molar-refractivity contribution < 1.29 is 36.3 Å². The van der Waals surface area contributed by atoms with E-state index in [1.165, 1.54) is 28.9 Å². The Kier molecular flexibility index (Phi) is 9.18. The number of benzene rings is 2. The van der Waals surface area contributed by atoms with Crippen molar-refractivity contribution in [1.82, 2.24) is 10.2 Å². The second kappa shape index (κ2) is 12.3. The molecule has 36 heavy (non-hydrogen) atoms. The number of anilines is 1. The minimum Gasteiger partial charge on any atom is -0.442 e. The number of rotatable bonds is 10. The van der Waals surface area contributed by atoms with Crippen molar-refractivity contribution in [3.05, 3.63) is 78.2 Å². The average Bonchev–Trinajstić information content (AvgIpc) is 3.20. The molecule has 1 heterocycles. The SMILES string of the molecule is CC(=O)NCC1CN(c2ccc(-c3ccc(CN(CC=C(F)F)CC=C(F)F)cc3)c(F)c2)C(=O)O1. The van der Waals surface area contributed by atoms with Gasteiger partial charge in [-0.25, -0.2) is 9.18 Å². The number of nitrogens with zero attached hydrogens (tertiary/aromatic N) is 2. The van der Waals surface area contributed by atoms with Gasteiger partial charge in [0, 0.05) is 32.1 Å². The lowest BCUT2D eigenvalue weighted by atomic mass is 10.0. The highest BCUT2D eigenvalue weighted by Crippen LogP contribution is 2.29. The predicted octanol–water partition coefficient (Wildman–Crippen LogP) is 5.32. The summed E-state index contributed by atoms with van der Waals surface area (Å²) in [4.78, 5) is 25.9. The molecule has 1 N–H and O–H groups in total. The van der Waals surface area contributed by atoms with Gasteiger partial charge in [-0.05, 0) is 41.5 Å². The fourth-order valence-corrected chi connectivity index (χ4v) is 3.65. The van der Waals surface area contributed by atoms with Gasteiger partial charge >= 0.3 is 6.09 Å². The molecular weight excluding hydrogens is 485 g/mol. The number of nitrogens with one attached hydrogen (secondary N) is 1. The minimum atomic E-state index is -1.90. The molecule has 0 radical (unpaired) electrons. The van der Waals surface area contributed by atoms with E-state index in [0.29, 0.717) is 29.0 Å². The number of hydrogen-bond donors (Lipinski definition) is 1. The van der Waals surface area contributed by atoms with Crippen LogP contribution in [0.3, 0.4) is 0 Å². The number of ether oxygens (including phenoxy) is 1. The second-order valence-corrected chi connectivity index (χ2v) is 8.10. The van der Waals surface area contributed by atoms with Gasteiger partial charge in [-0.3, -0.25) is 14.6 Å². The Bertz CT molecular complexity index is 1130. The van der Waals surface area contributed by atoms with Crippen LogP contribution < -0.4 is 10.2 Å². The predicted molar refractivity (Wildman–Crippen MR) is 124 cm³/mol. The average molecular weight is 509 g/mol. The summed E-state index contributed by atoms with van der Waals surface area (Å²) in [6, 6.07) is 10.9. The first-order valence-corrected chi connectivity index (χ1v) is 11.0. The molecule has 11 heteroatoms. The maximum atomic E-state index is 14.9. The van der Waals surface area contributed by atoms with Crippen LogP contribution in [-0.2, 0) is 16.1 Å². The highest BCUT2D eigenvalue weighted by molar-refractivity contribution is 5.90. The lowest BCUT2D eigenvalue weighted by Crippen LogP contribution is -2.33. The highest BCUT2D eigenvalue weighted by Gasteiger charge is 2.32. The van der Waals surface area contributed by atoms with E-state index < -0.39 is 30.2 Å². The van der Waals surface area contributed by atoms with Crippen LogP contribution in [0.15, 0.2) is 66.8 Å². The van der Waals surface area contributed by atoms with Crippen molar-refractivity contribution in [1.29, 1.82) is 0 Å². The molecule has 192 valence electrons. The molecule has 1 aliphatic heterocycles. The van der Waals surface area contributed by atoms with Crippen LogP contribution in [0.4, 0.5) is 32.4 Å². The Labute approximate surface area is 204 Å². The van der Waals surface area contributed by atoms with Crippen molar-refractivity contribution in [3.8, 4) is 11.1 Å². The molecule has 0 aromatic heterocycles. The molecule has 0 saturated carbocycles. The zero-order valence-corrected chi connectivity index (χ0v) is 19.3. The maximum absolute atomic E-state index is 14.9. The van der Waals surface area contributed by atoms with Gasteiger partial charge in [0.1, 0.15) is 11.9 Å². The monoisotopic (exact) mass is 509 g/mol. The van der Waals surface area contributed by atoms with Crippen molar-refractivity contribution in [2.24, 2.45) is 0 Å². The van der Waals surface area contributed by atoms with Gasteiger partial charge < -0.3 is 10.1 Å². The Morgan fingerprint density at radius 3 is 2.28 bits per heavy atom. The summed E-state index contributed by atoms with van der Waals surface area (Å²) in [7, 11) is 0. The third-order valence-corrected chi connectivity index (χ3v) is 5.40. The summed E-state index contributed by atoms with van der Waals surface area (Å²) in [5.74, 6) is -0.832. The fourth-order valence-electron chi connectivity index (χ4n) is 3.65. The first-order chi connectivity index (χ1) is 17.1. The van der Waals surface area contributed by atoms with Gasteiger partial charge in [0.2, 0.25) is 5.91 Å². The minimum absolute atomic E-state index is 0.131. The van der Waals surface area contributed by atoms with Gasteiger partial charge in [-0.2, -0.15) is 17.6 Å². The van der Waals surface area contributed by atoms with Crippen LogP contribution in [0, 0.1) is 5.82 Å². The molecule has 1 saturated heterocycles. The topological polar surface area (TPSA) is 61.9 Å². The van der Waals surface area contributed by atoms with Crippen LogP contribution in [0.2, 0.25) is 0 Å². The van der Waals surface area contributed by atoms with Gasteiger partial charge in [0.25, 0.3) is 12.2 Å². The zero-order valence-electron chi connectivity index (χ0n) is 19.3. The van der Waals surface area contributed by atoms with E-state index >= 15 is 0 Å². The lowest BCUT2D eigenvalue weighted by Gasteiger charge is -2.19. The summed E-state index contributed by atoms with van der Waals surface area (Å²) >= 11 is 0. The molecule has 1 aliphatic rings. The summed E-state index contributed by atoms with van der Waals surface area (Å²) in [5.41, 5.74) is 1.78. The number of halogens is 5. The van der Waals surface area contributed by atoms with Crippen LogP contribution in [0.1, 0.15) is 12.5 Å². The van der Waals surface area contributed by atoms with E-state index in [1.807, 2.05) is 0 Å². The Morgan fingerprint density at radius 1 is 1.08 bits per heavy atom. The zero-order chi connectivity index (χ0) is 26.2. The van der Waals surface area contributed by atoms with E-state index in [9.17, 15) is 31.5 Å². The largest absolute Gasteiger partial charge is 0.442 e. The summed E-state index contributed by atoms with van der Waals surface area (Å²) in [6.45, 7) is 1.36. The van der Waals surface area contributed by atoms with Crippen LogP contribution >= 0.6 is 0 Å². The Morgan fingerprint density at radius 2 is 1.72 bits per heavy atom. The molecule has 1 unspecified atom stereocenters. The standard InChI is InChI=1S/C25H24F5N3O3/c1-16(34)31-13-20-15-33(25(35)36-20)19-6-7-21(22(26)12-19)18-4-2-17(3-5-18)14-32(10-8-23(27)28)11-9-24(29)30/h2-9,12,20H,10-11,13-15H2,1H3,(H,31,34). The summed E-state index contributed by atoms with van der Waals surface area (Å²) in [5, 5.41) is 2.57. The number of carbonyl (C=O) groups excluding carboxylic acids is 2. The van der Waals surface area contributed by atoms with Crippen molar-refractivity contribution >= 4 is 17.7 Å². The quantitative estimate of drug-likeness (QED) is 0.441. The molecule has 2 amide bonds. The Hall–Kier alpha value is -3.73. The third-order valence-electron chi connectivity index (χ3n) is 5.40. The first kappa shape index (κ1) is 26.9. The fraction of sp³-hybridized carbons (Fsp3) is 0.280. The number of cyclic esters (lactones) is 1. The molecular formula is C25H24F5N3O3. The van der Waals surface area contributed by atoms with Crippen LogP contribution in [-0.4, -0.2) is 49.2 Å². The lowest BCUT2D eigenvalue weighted by molar-refractivity contribution is -0.119. The Balaban J connectivity index is 1.69. The number of carbonyl (C=O) groups is 2. The molecule has 3 rings (SSSR count). The normalized spacial score (nSPS) is 15.0. The number of amides is 2. The summed E-state index contributed by atoms with van der Waals surface area (Å²) in [6.07, 6.45) is -3.70. The van der Waals surface area contributed by atoms with Gasteiger partial charge in [0.15, 0.2) is 0 Å². The van der Waals surface area contributed by atoms with E-state index in [-0.39, 0.29) is 44.2 Å². The van der Waals surface area contributed by atoms with Crippen LogP contribution in [0.5, 0.6) is 0 Å². The van der Waals surface area contributed by atoms with Gasteiger partial charge in [0.05, 0.1) is 18.8 Å². The smallest absolute Gasteiger partial charge is 0.414 e. The van der Waals surface area contributed by atoms with E-state index in [2.05, 4.69) is 5.32 Å². The first-order valence-electron chi connectivity index (χ1n) is 11.0. The van der Waals surface area contributed by atoms with E-state index in [0.717, 1.165) is 0 Å². The maximum Gasteiger partial charge on any atom is 0.414 e. The van der Waals surface area contributed by atoms with Crippen molar-refractivity contribution in [3.63, 3.8) is 0 Å². The molecule has 1 fully saturated rings. The molecule has 0 aliphatic carbocycles. The molecule has 1 atom stereocenters. The molecule has 0 spiro atoms. The van der Waals surface area contributed by atoms with E-state index in [4.69, 9.17) is 4.74 Å². The van der Waals surface area contributed by atoms with Crippen molar-refractivity contribution in [2.45, 2.75) is 19.6 Å². The van der Waals surface area contributed by atoms with Gasteiger partial charge in [-0.15, -0.1) is 0 Å². The third kappa shape index (κ3) is 7.64. The van der Waals surface area contributed by atoms with Crippen molar-refractivity contribution in [2.75, 3.05) is 31.1 Å². The van der Waals surface area contributed by atoms with E-state index in [1.54, 1.807) is 30.3 Å². The van der Waals surface area contributed by atoms with Crippen LogP contribution in [0.25, 0.3) is 11.1 Å². The molecule has 2 aromatic carbocycles. The molecule has 6 nitrogen and oxygen atoms in total. The number of hydrogen-bond acceptors (Lipinski definition) is 4. The molecule has 0 bridgehead atoms. The molecule has 2 aromatic rings. The summed E-state index contributed by atoms with van der Waals surface area (Å²) < 4.78 is 69.9. The van der Waals surface area contributed by atoms with Gasteiger partial charge in [-0.1, -0.05) is 24.3 Å². The highest BCUT2D eigenvalue weighted by atomic mass is 19.3.